The van der Waals surface area contributed by atoms with E-state index in [1.807, 2.05) is 33.8 Å². The number of aryl methyl sites for hydroxylation is 1. The molecule has 0 amide bonds. The summed E-state index contributed by atoms with van der Waals surface area (Å²) in [5.74, 6) is -0.692. The number of rotatable bonds is 3. The van der Waals surface area contributed by atoms with Crippen molar-refractivity contribution in [1.82, 2.24) is 0 Å². The van der Waals surface area contributed by atoms with E-state index in [2.05, 4.69) is 0 Å². The molecule has 1 aromatic carbocycles. The molecule has 1 aliphatic carbocycles. The first-order chi connectivity index (χ1) is 10.5. The van der Waals surface area contributed by atoms with Crippen molar-refractivity contribution in [2.45, 2.75) is 41.0 Å². The Morgan fingerprint density at radius 3 is 2.32 bits per heavy atom. The fourth-order valence-electron chi connectivity index (χ4n) is 2.59. The van der Waals surface area contributed by atoms with Gasteiger partial charge in [0, 0.05) is 12.0 Å². The van der Waals surface area contributed by atoms with Gasteiger partial charge in [-0.1, -0.05) is 19.9 Å². The van der Waals surface area contributed by atoms with E-state index < -0.39 is 0 Å². The summed E-state index contributed by atoms with van der Waals surface area (Å²) in [5.41, 5.74) is 4.83. The van der Waals surface area contributed by atoms with Crippen molar-refractivity contribution >= 4 is 17.5 Å². The third-order valence-electron chi connectivity index (χ3n) is 3.66. The molecule has 0 aliphatic heterocycles. The molecule has 1 aromatic rings. The van der Waals surface area contributed by atoms with Crippen LogP contribution in [-0.2, 0) is 20.7 Å². The van der Waals surface area contributed by atoms with Gasteiger partial charge in [0.15, 0.2) is 0 Å². The van der Waals surface area contributed by atoms with Crippen LogP contribution < -0.4 is 0 Å². The van der Waals surface area contributed by atoms with Gasteiger partial charge in [-0.15, -0.1) is 0 Å². The van der Waals surface area contributed by atoms with Gasteiger partial charge >= 0.3 is 11.9 Å². The molecule has 0 unspecified atom stereocenters. The maximum absolute atomic E-state index is 12.0. The lowest BCUT2D eigenvalue weighted by atomic mass is 9.96. The molecule has 0 saturated heterocycles. The Labute approximate surface area is 132 Å². The third-order valence-corrected chi connectivity index (χ3v) is 3.66. The molecule has 0 atom stereocenters. The van der Waals surface area contributed by atoms with Crippen LogP contribution in [0.5, 0.6) is 0 Å². The van der Waals surface area contributed by atoms with Crippen molar-refractivity contribution < 1.29 is 19.1 Å². The molecule has 0 heterocycles. The summed E-state index contributed by atoms with van der Waals surface area (Å²) in [6.07, 6.45) is 0.511. The predicted molar refractivity (Wildman–Crippen MR) is 86.8 cm³/mol. The molecule has 0 aromatic heterocycles. The minimum absolute atomic E-state index is 0.309. The monoisotopic (exact) mass is 304 g/mol. The lowest BCUT2D eigenvalue weighted by Gasteiger charge is -2.10. The van der Waals surface area contributed by atoms with Crippen LogP contribution in [0, 0.1) is 6.92 Å². The van der Waals surface area contributed by atoms with Crippen LogP contribution in [-0.4, -0.2) is 25.7 Å². The number of hydrogen-bond donors (Lipinski definition) is 0. The van der Waals surface area contributed by atoms with Crippen LogP contribution >= 0.6 is 0 Å². The summed E-state index contributed by atoms with van der Waals surface area (Å²) in [4.78, 5) is 23.9. The van der Waals surface area contributed by atoms with Crippen molar-refractivity contribution in [1.29, 1.82) is 0 Å². The van der Waals surface area contributed by atoms with Crippen LogP contribution in [0.15, 0.2) is 17.7 Å². The number of ether oxygens (including phenoxy) is 2. The lowest BCUT2D eigenvalue weighted by molar-refractivity contribution is -0.138. The van der Waals surface area contributed by atoms with E-state index in [4.69, 9.17) is 9.47 Å². The first-order valence-corrected chi connectivity index (χ1v) is 7.59. The minimum Gasteiger partial charge on any atom is -0.465 e. The second-order valence-corrected chi connectivity index (χ2v) is 4.78. The summed E-state index contributed by atoms with van der Waals surface area (Å²) in [5, 5.41) is 0. The fraction of sp³-hybridized carbons (Fsp3) is 0.444. The van der Waals surface area contributed by atoms with Crippen LogP contribution in [0.2, 0.25) is 0 Å². The van der Waals surface area contributed by atoms with Crippen molar-refractivity contribution in [2.75, 3.05) is 13.7 Å². The van der Waals surface area contributed by atoms with E-state index in [0.29, 0.717) is 24.2 Å². The quantitative estimate of drug-likeness (QED) is 0.799. The molecule has 4 heteroatoms. The van der Waals surface area contributed by atoms with Crippen molar-refractivity contribution in [3.05, 3.63) is 40.0 Å². The van der Waals surface area contributed by atoms with E-state index in [9.17, 15) is 9.59 Å². The highest BCUT2D eigenvalue weighted by Crippen LogP contribution is 2.37. The van der Waals surface area contributed by atoms with Crippen LogP contribution in [0.4, 0.5) is 0 Å². The average molecular weight is 304 g/mol. The van der Waals surface area contributed by atoms with Gasteiger partial charge in [-0.05, 0) is 49.1 Å². The molecule has 22 heavy (non-hydrogen) atoms. The van der Waals surface area contributed by atoms with E-state index in [-0.39, 0.29) is 11.9 Å². The van der Waals surface area contributed by atoms with Crippen LogP contribution in [0.1, 0.15) is 54.7 Å². The largest absolute Gasteiger partial charge is 0.465 e. The maximum Gasteiger partial charge on any atom is 0.338 e. The first-order valence-electron chi connectivity index (χ1n) is 7.59. The lowest BCUT2D eigenvalue weighted by Crippen LogP contribution is -2.08. The second kappa shape index (κ2) is 7.78. The van der Waals surface area contributed by atoms with Crippen molar-refractivity contribution in [3.8, 4) is 0 Å². The Bertz CT molecular complexity index is 612. The molecule has 1 aliphatic rings. The normalized spacial score (nSPS) is 12.3. The first kappa shape index (κ1) is 18.0. The molecule has 120 valence electrons. The van der Waals surface area contributed by atoms with E-state index >= 15 is 0 Å². The van der Waals surface area contributed by atoms with Gasteiger partial charge in [0.05, 0.1) is 19.3 Å². The highest BCUT2D eigenvalue weighted by atomic mass is 16.5. The van der Waals surface area contributed by atoms with Gasteiger partial charge in [-0.2, -0.15) is 0 Å². The zero-order valence-corrected chi connectivity index (χ0v) is 14.2. The van der Waals surface area contributed by atoms with Gasteiger partial charge in [-0.3, -0.25) is 0 Å². The van der Waals surface area contributed by atoms with Gasteiger partial charge in [-0.25, -0.2) is 9.59 Å². The molecule has 0 fully saturated rings. The topological polar surface area (TPSA) is 52.6 Å². The SMILES string of the molecule is CC.CCOC(=O)C1=C(C)c2c(C(=O)OC)ccc(C)c2C1. The minimum atomic E-state index is -0.384. The zero-order chi connectivity index (χ0) is 16.9. The zero-order valence-electron chi connectivity index (χ0n) is 14.2. The Morgan fingerprint density at radius 2 is 1.77 bits per heavy atom. The summed E-state index contributed by atoms with van der Waals surface area (Å²) < 4.78 is 9.90. The molecule has 0 radical (unpaired) electrons. The van der Waals surface area contributed by atoms with Crippen molar-refractivity contribution in [3.63, 3.8) is 0 Å². The van der Waals surface area contributed by atoms with Gasteiger partial charge in [0.2, 0.25) is 0 Å². The van der Waals surface area contributed by atoms with Gasteiger partial charge in [0.1, 0.15) is 0 Å². The predicted octanol–water partition coefficient (Wildman–Crippen LogP) is 3.70. The van der Waals surface area contributed by atoms with Gasteiger partial charge < -0.3 is 9.47 Å². The Kier molecular flexibility index (Phi) is 6.35. The number of fused-ring (bicyclic) bond motifs is 1. The van der Waals surface area contributed by atoms with Crippen molar-refractivity contribution in [2.24, 2.45) is 0 Å². The number of carbonyl (C=O) groups is 2. The molecule has 0 bridgehead atoms. The molecule has 0 N–H and O–H groups in total. The maximum atomic E-state index is 12.0. The Hall–Kier alpha value is -2.10. The number of esters is 2. The number of allylic oxidation sites excluding steroid dienone is 1. The van der Waals surface area contributed by atoms with E-state index in [1.165, 1.54) is 7.11 Å². The summed E-state index contributed by atoms with van der Waals surface area (Å²) in [7, 11) is 1.36. The molecular weight excluding hydrogens is 280 g/mol. The Morgan fingerprint density at radius 1 is 1.14 bits per heavy atom. The number of benzene rings is 1. The molecular formula is C18H24O4. The van der Waals surface area contributed by atoms with E-state index in [0.717, 1.165) is 22.3 Å². The van der Waals surface area contributed by atoms with Gasteiger partial charge in [0.25, 0.3) is 0 Å². The number of hydrogen-bond acceptors (Lipinski definition) is 4. The number of carbonyl (C=O) groups excluding carboxylic acids is 2. The molecule has 0 saturated carbocycles. The highest BCUT2D eigenvalue weighted by molar-refractivity contribution is 6.05. The van der Waals surface area contributed by atoms with Crippen LogP contribution in [0.25, 0.3) is 5.57 Å². The summed E-state index contributed by atoms with van der Waals surface area (Å²) in [6.45, 7) is 9.95. The molecule has 2 rings (SSSR count). The average Bonchev–Trinajstić information content (AvgIpc) is 2.88. The summed E-state index contributed by atoms with van der Waals surface area (Å²) >= 11 is 0. The smallest absolute Gasteiger partial charge is 0.338 e. The van der Waals surface area contributed by atoms with Crippen LogP contribution in [0.3, 0.4) is 0 Å². The fourth-order valence-corrected chi connectivity index (χ4v) is 2.59. The second-order valence-electron chi connectivity index (χ2n) is 4.78. The molecule has 4 nitrogen and oxygen atoms in total. The third kappa shape index (κ3) is 3.21. The number of methoxy groups -OCH3 is 1. The molecule has 0 spiro atoms. The van der Waals surface area contributed by atoms with E-state index in [1.54, 1.807) is 13.0 Å². The summed E-state index contributed by atoms with van der Waals surface area (Å²) in [6, 6.07) is 3.63. The standard InChI is InChI=1S/C16H18O4.C2H6/c1-5-20-16(18)13-8-12-9(2)6-7-11(15(17)19-4)14(12)10(13)3;1-2/h6-7H,5,8H2,1-4H3;1-2H3. The highest BCUT2D eigenvalue weighted by Gasteiger charge is 2.29. The Balaban J connectivity index is 0.00000116.